The van der Waals surface area contributed by atoms with Gasteiger partial charge in [-0.2, -0.15) is 0 Å². The summed E-state index contributed by atoms with van der Waals surface area (Å²) in [6, 6.07) is 0.725. The highest BCUT2D eigenvalue weighted by Crippen LogP contribution is 2.35. The van der Waals surface area contributed by atoms with Gasteiger partial charge in [0.25, 0.3) is 0 Å². The lowest BCUT2D eigenvalue weighted by atomic mass is 9.74. The summed E-state index contributed by atoms with van der Waals surface area (Å²) >= 11 is 0. The van der Waals surface area contributed by atoms with Gasteiger partial charge in [0.2, 0.25) is 0 Å². The number of hydrogen-bond donors (Lipinski definition) is 1. The van der Waals surface area contributed by atoms with Gasteiger partial charge in [-0.3, -0.25) is 0 Å². The maximum absolute atomic E-state index is 5.20. The van der Waals surface area contributed by atoms with Crippen LogP contribution in [0.25, 0.3) is 0 Å². The molecule has 0 aromatic carbocycles. The molecule has 19 heavy (non-hydrogen) atoms. The van der Waals surface area contributed by atoms with E-state index < -0.39 is 0 Å². The van der Waals surface area contributed by atoms with E-state index in [0.717, 1.165) is 30.4 Å². The van der Waals surface area contributed by atoms with Gasteiger partial charge in [0.05, 0.1) is 0 Å². The lowest BCUT2D eigenvalue weighted by Gasteiger charge is -2.36. The molecule has 1 aliphatic carbocycles. The Labute approximate surface area is 120 Å². The molecule has 114 valence electrons. The second-order valence-corrected chi connectivity index (χ2v) is 6.61. The number of ether oxygens (including phenoxy) is 1. The van der Waals surface area contributed by atoms with Gasteiger partial charge < -0.3 is 10.1 Å². The first kappa shape index (κ1) is 17.0. The van der Waals surface area contributed by atoms with Crippen LogP contribution in [-0.2, 0) is 4.74 Å². The number of rotatable bonds is 9. The fourth-order valence-corrected chi connectivity index (χ4v) is 3.50. The van der Waals surface area contributed by atoms with Gasteiger partial charge in [-0.15, -0.1) is 0 Å². The molecular weight excluding hydrogens is 234 g/mol. The average Bonchev–Trinajstić information content (AvgIpc) is 2.43. The predicted molar refractivity (Wildman–Crippen MR) is 83.5 cm³/mol. The van der Waals surface area contributed by atoms with Crippen LogP contribution in [-0.4, -0.2) is 26.3 Å². The molecule has 1 fully saturated rings. The SMILES string of the molecule is CCCNC(CCCOC)C1CCC(C(C)C)CC1. The summed E-state index contributed by atoms with van der Waals surface area (Å²) in [4.78, 5) is 0. The Morgan fingerprint density at radius 3 is 2.26 bits per heavy atom. The van der Waals surface area contributed by atoms with Gasteiger partial charge in [-0.05, 0) is 69.2 Å². The van der Waals surface area contributed by atoms with E-state index in [1.54, 1.807) is 0 Å². The first-order valence-electron chi connectivity index (χ1n) is 8.41. The zero-order valence-electron chi connectivity index (χ0n) is 13.6. The van der Waals surface area contributed by atoms with Crippen molar-refractivity contribution >= 4 is 0 Å². The molecule has 1 aliphatic rings. The van der Waals surface area contributed by atoms with Gasteiger partial charge in [-0.25, -0.2) is 0 Å². The average molecular weight is 269 g/mol. The Hall–Kier alpha value is -0.0800. The lowest BCUT2D eigenvalue weighted by molar-refractivity contribution is 0.160. The number of methoxy groups -OCH3 is 1. The molecule has 0 aliphatic heterocycles. The monoisotopic (exact) mass is 269 g/mol. The van der Waals surface area contributed by atoms with E-state index in [9.17, 15) is 0 Å². The second kappa shape index (κ2) is 9.77. The Balaban J connectivity index is 2.37. The van der Waals surface area contributed by atoms with Crippen LogP contribution >= 0.6 is 0 Å². The Kier molecular flexibility index (Phi) is 8.72. The molecular formula is C17H35NO. The predicted octanol–water partition coefficient (Wildman–Crippen LogP) is 4.24. The van der Waals surface area contributed by atoms with Crippen LogP contribution in [0.15, 0.2) is 0 Å². The van der Waals surface area contributed by atoms with Crippen molar-refractivity contribution in [1.82, 2.24) is 5.32 Å². The van der Waals surface area contributed by atoms with Crippen molar-refractivity contribution < 1.29 is 4.74 Å². The molecule has 0 saturated heterocycles. The van der Waals surface area contributed by atoms with Gasteiger partial charge >= 0.3 is 0 Å². The van der Waals surface area contributed by atoms with E-state index in [1.165, 1.54) is 51.5 Å². The first-order valence-corrected chi connectivity index (χ1v) is 8.41. The van der Waals surface area contributed by atoms with Crippen LogP contribution in [0.1, 0.15) is 65.7 Å². The molecule has 0 radical (unpaired) electrons. The minimum atomic E-state index is 0.725. The van der Waals surface area contributed by atoms with Crippen LogP contribution in [0.2, 0.25) is 0 Å². The number of nitrogens with one attached hydrogen (secondary N) is 1. The highest BCUT2D eigenvalue weighted by molar-refractivity contribution is 4.82. The van der Waals surface area contributed by atoms with E-state index in [-0.39, 0.29) is 0 Å². The minimum absolute atomic E-state index is 0.725. The summed E-state index contributed by atoms with van der Waals surface area (Å²) in [5.41, 5.74) is 0. The Bertz CT molecular complexity index is 209. The summed E-state index contributed by atoms with van der Waals surface area (Å²) in [5, 5.41) is 3.79. The summed E-state index contributed by atoms with van der Waals surface area (Å²) in [6.07, 6.45) is 9.46. The summed E-state index contributed by atoms with van der Waals surface area (Å²) < 4.78 is 5.20. The third-order valence-corrected chi connectivity index (χ3v) is 4.85. The molecule has 0 heterocycles. The zero-order chi connectivity index (χ0) is 14.1. The summed E-state index contributed by atoms with van der Waals surface area (Å²) in [6.45, 7) is 9.11. The Morgan fingerprint density at radius 2 is 1.74 bits per heavy atom. The van der Waals surface area contributed by atoms with E-state index in [2.05, 4.69) is 26.1 Å². The van der Waals surface area contributed by atoms with E-state index >= 15 is 0 Å². The van der Waals surface area contributed by atoms with Crippen LogP contribution in [0, 0.1) is 17.8 Å². The highest BCUT2D eigenvalue weighted by atomic mass is 16.5. The minimum Gasteiger partial charge on any atom is -0.385 e. The normalized spacial score (nSPS) is 25.7. The summed E-state index contributed by atoms with van der Waals surface area (Å²) in [5.74, 6) is 2.75. The first-order chi connectivity index (χ1) is 9.19. The quantitative estimate of drug-likeness (QED) is 0.632. The van der Waals surface area contributed by atoms with Gasteiger partial charge in [0.1, 0.15) is 0 Å². The van der Waals surface area contributed by atoms with Gasteiger partial charge in [0, 0.05) is 19.8 Å². The molecule has 0 spiro atoms. The molecule has 1 saturated carbocycles. The van der Waals surface area contributed by atoms with Crippen molar-refractivity contribution in [3.05, 3.63) is 0 Å². The lowest BCUT2D eigenvalue weighted by Crippen LogP contribution is -2.39. The zero-order valence-corrected chi connectivity index (χ0v) is 13.6. The summed E-state index contributed by atoms with van der Waals surface area (Å²) in [7, 11) is 1.81. The molecule has 0 aromatic heterocycles. The molecule has 1 unspecified atom stereocenters. The van der Waals surface area contributed by atoms with Gasteiger partial charge in [-0.1, -0.05) is 20.8 Å². The van der Waals surface area contributed by atoms with Gasteiger partial charge in [0.15, 0.2) is 0 Å². The second-order valence-electron chi connectivity index (χ2n) is 6.61. The van der Waals surface area contributed by atoms with E-state index in [1.807, 2.05) is 7.11 Å². The molecule has 1 atom stereocenters. The van der Waals surface area contributed by atoms with Crippen molar-refractivity contribution in [3.8, 4) is 0 Å². The molecule has 2 nitrogen and oxygen atoms in total. The van der Waals surface area contributed by atoms with Crippen LogP contribution < -0.4 is 5.32 Å². The maximum Gasteiger partial charge on any atom is 0.0462 e. The molecule has 0 bridgehead atoms. The van der Waals surface area contributed by atoms with Crippen molar-refractivity contribution in [2.24, 2.45) is 17.8 Å². The van der Waals surface area contributed by atoms with Crippen LogP contribution in [0.4, 0.5) is 0 Å². The van der Waals surface area contributed by atoms with E-state index in [4.69, 9.17) is 4.74 Å². The topological polar surface area (TPSA) is 21.3 Å². The fourth-order valence-electron chi connectivity index (χ4n) is 3.50. The van der Waals surface area contributed by atoms with E-state index in [0.29, 0.717) is 0 Å². The molecule has 1 rings (SSSR count). The molecule has 2 heteroatoms. The third kappa shape index (κ3) is 6.27. The Morgan fingerprint density at radius 1 is 1.11 bits per heavy atom. The van der Waals surface area contributed by atoms with Crippen LogP contribution in [0.5, 0.6) is 0 Å². The van der Waals surface area contributed by atoms with Crippen molar-refractivity contribution in [2.75, 3.05) is 20.3 Å². The third-order valence-electron chi connectivity index (χ3n) is 4.85. The highest BCUT2D eigenvalue weighted by Gasteiger charge is 2.28. The fraction of sp³-hybridized carbons (Fsp3) is 1.00. The standard InChI is InChI=1S/C17H35NO/c1-5-12-18-17(7-6-13-19-4)16-10-8-15(9-11-16)14(2)3/h14-18H,5-13H2,1-4H3. The molecule has 0 amide bonds. The smallest absolute Gasteiger partial charge is 0.0462 e. The molecule has 0 aromatic rings. The largest absolute Gasteiger partial charge is 0.385 e. The van der Waals surface area contributed by atoms with Crippen molar-refractivity contribution in [3.63, 3.8) is 0 Å². The van der Waals surface area contributed by atoms with Crippen LogP contribution in [0.3, 0.4) is 0 Å². The number of hydrogen-bond acceptors (Lipinski definition) is 2. The maximum atomic E-state index is 5.20. The van der Waals surface area contributed by atoms with Crippen molar-refractivity contribution in [2.45, 2.75) is 71.8 Å². The van der Waals surface area contributed by atoms with Crippen molar-refractivity contribution in [1.29, 1.82) is 0 Å². The molecule has 1 N–H and O–H groups in total.